The second-order valence-corrected chi connectivity index (χ2v) is 4.76. The Balaban J connectivity index is 2.65. The van der Waals surface area contributed by atoms with Crippen LogP contribution < -0.4 is 0 Å². The van der Waals surface area contributed by atoms with Crippen LogP contribution in [0.15, 0.2) is 0 Å². The molecule has 0 aromatic carbocycles. The highest BCUT2D eigenvalue weighted by molar-refractivity contribution is 7.86. The molecular weight excluding hydrogens is 176 g/mol. The minimum absolute atomic E-state index is 0.138. The summed E-state index contributed by atoms with van der Waals surface area (Å²) in [6.45, 7) is 1.38. The molecule has 1 aliphatic heterocycles. The molecule has 1 saturated heterocycles. The lowest BCUT2D eigenvalue weighted by molar-refractivity contribution is 0.286. The highest BCUT2D eigenvalue weighted by Gasteiger charge is 2.30. The molecule has 0 bridgehead atoms. The molecule has 0 spiro atoms. The summed E-state index contributed by atoms with van der Waals surface area (Å²) in [6.07, 6.45) is 5.96. The Labute approximate surface area is 73.3 Å². The van der Waals surface area contributed by atoms with Gasteiger partial charge in [0.25, 0.3) is 10.2 Å². The zero-order valence-electron chi connectivity index (χ0n) is 7.02. The second-order valence-electron chi connectivity index (χ2n) is 2.72. The molecule has 0 aromatic rings. The molecule has 1 rings (SSSR count). The van der Waals surface area contributed by atoms with Crippen molar-refractivity contribution in [3.63, 3.8) is 0 Å². The highest BCUT2D eigenvalue weighted by Crippen LogP contribution is 2.14. The third-order valence-electron chi connectivity index (χ3n) is 1.85. The molecule has 1 heterocycles. The van der Waals surface area contributed by atoms with Gasteiger partial charge in [0.2, 0.25) is 0 Å². The van der Waals surface area contributed by atoms with Gasteiger partial charge in [-0.05, 0) is 6.42 Å². The summed E-state index contributed by atoms with van der Waals surface area (Å²) < 4.78 is 25.5. The van der Waals surface area contributed by atoms with E-state index in [9.17, 15) is 8.42 Å². The molecular formula is C7H12N2O2S. The van der Waals surface area contributed by atoms with Crippen LogP contribution in [0, 0.1) is 12.3 Å². The summed E-state index contributed by atoms with van der Waals surface area (Å²) in [5.74, 6) is 2.30. The van der Waals surface area contributed by atoms with E-state index in [-0.39, 0.29) is 6.54 Å². The molecule has 0 unspecified atom stereocenters. The summed E-state index contributed by atoms with van der Waals surface area (Å²) >= 11 is 0. The molecule has 1 aliphatic rings. The van der Waals surface area contributed by atoms with Crippen molar-refractivity contribution < 1.29 is 8.42 Å². The monoisotopic (exact) mass is 188 g/mol. The van der Waals surface area contributed by atoms with Crippen LogP contribution in [-0.4, -0.2) is 43.7 Å². The number of nitrogens with zero attached hydrogens (tertiary/aromatic N) is 2. The highest BCUT2D eigenvalue weighted by atomic mass is 32.2. The molecule has 5 heteroatoms. The van der Waals surface area contributed by atoms with E-state index in [1.807, 2.05) is 0 Å². The van der Waals surface area contributed by atoms with E-state index in [2.05, 4.69) is 5.92 Å². The van der Waals surface area contributed by atoms with E-state index in [0.717, 1.165) is 6.42 Å². The van der Waals surface area contributed by atoms with Crippen molar-refractivity contribution in [3.8, 4) is 12.3 Å². The van der Waals surface area contributed by atoms with Crippen molar-refractivity contribution in [2.24, 2.45) is 0 Å². The first kappa shape index (κ1) is 9.52. The third-order valence-corrected chi connectivity index (χ3v) is 3.78. The largest absolute Gasteiger partial charge is 0.282 e. The Morgan fingerprint density at radius 1 is 1.58 bits per heavy atom. The smallest absolute Gasteiger partial charge is 0.195 e. The summed E-state index contributed by atoms with van der Waals surface area (Å²) in [5, 5.41) is 0. The van der Waals surface area contributed by atoms with E-state index < -0.39 is 10.2 Å². The fourth-order valence-electron chi connectivity index (χ4n) is 0.925. The van der Waals surface area contributed by atoms with Gasteiger partial charge in [0.15, 0.2) is 0 Å². The van der Waals surface area contributed by atoms with Gasteiger partial charge in [-0.15, -0.1) is 6.42 Å². The van der Waals surface area contributed by atoms with E-state index in [4.69, 9.17) is 6.42 Å². The number of terminal acetylenes is 1. The van der Waals surface area contributed by atoms with Crippen LogP contribution in [0.5, 0.6) is 0 Å². The number of hydrogen-bond acceptors (Lipinski definition) is 2. The molecule has 1 fully saturated rings. The third kappa shape index (κ3) is 1.61. The minimum Gasteiger partial charge on any atom is -0.195 e. The van der Waals surface area contributed by atoms with Crippen molar-refractivity contribution in [2.45, 2.75) is 6.42 Å². The average molecular weight is 188 g/mol. The fraction of sp³-hybridized carbons (Fsp3) is 0.714. The topological polar surface area (TPSA) is 40.6 Å². The van der Waals surface area contributed by atoms with Crippen molar-refractivity contribution in [1.82, 2.24) is 8.61 Å². The van der Waals surface area contributed by atoms with Crippen molar-refractivity contribution >= 4 is 10.2 Å². The molecule has 0 atom stereocenters. The summed E-state index contributed by atoms with van der Waals surface area (Å²) in [5.41, 5.74) is 0. The quantitative estimate of drug-likeness (QED) is 0.560. The van der Waals surface area contributed by atoms with Crippen LogP contribution in [0.2, 0.25) is 0 Å². The van der Waals surface area contributed by atoms with Crippen LogP contribution in [0.1, 0.15) is 6.42 Å². The second kappa shape index (κ2) is 3.44. The van der Waals surface area contributed by atoms with Gasteiger partial charge in [-0.2, -0.15) is 17.0 Å². The molecule has 0 amide bonds. The molecule has 0 radical (unpaired) electrons. The lowest BCUT2D eigenvalue weighted by Crippen LogP contribution is -2.48. The predicted molar refractivity (Wildman–Crippen MR) is 46.6 cm³/mol. The Hall–Kier alpha value is -0.570. The predicted octanol–water partition coefficient (Wildman–Crippen LogP) is -0.498. The average Bonchev–Trinajstić information content (AvgIpc) is 1.82. The fourth-order valence-corrected chi connectivity index (χ4v) is 2.28. The lowest BCUT2D eigenvalue weighted by Gasteiger charge is -2.32. The van der Waals surface area contributed by atoms with Crippen LogP contribution in [-0.2, 0) is 10.2 Å². The maximum Gasteiger partial charge on any atom is 0.282 e. The normalized spacial score (nSPS) is 18.8. The van der Waals surface area contributed by atoms with Crippen molar-refractivity contribution in [1.29, 1.82) is 0 Å². The minimum atomic E-state index is -3.24. The summed E-state index contributed by atoms with van der Waals surface area (Å²) in [4.78, 5) is 0. The van der Waals surface area contributed by atoms with E-state index in [0.29, 0.717) is 13.1 Å². The molecule has 12 heavy (non-hydrogen) atoms. The van der Waals surface area contributed by atoms with Crippen LogP contribution >= 0.6 is 0 Å². The van der Waals surface area contributed by atoms with Gasteiger partial charge in [0.1, 0.15) is 0 Å². The van der Waals surface area contributed by atoms with Crippen LogP contribution in [0.25, 0.3) is 0 Å². The zero-order chi connectivity index (χ0) is 9.19. The van der Waals surface area contributed by atoms with Crippen molar-refractivity contribution in [2.75, 3.05) is 26.7 Å². The van der Waals surface area contributed by atoms with Gasteiger partial charge in [-0.3, -0.25) is 0 Å². The Kier molecular flexibility index (Phi) is 2.73. The molecule has 4 nitrogen and oxygen atoms in total. The summed E-state index contributed by atoms with van der Waals surface area (Å²) in [6, 6.07) is 0. The van der Waals surface area contributed by atoms with Crippen LogP contribution in [0.4, 0.5) is 0 Å². The first-order valence-electron chi connectivity index (χ1n) is 3.74. The van der Waals surface area contributed by atoms with Gasteiger partial charge in [-0.1, -0.05) is 5.92 Å². The molecule has 0 aromatic heterocycles. The maximum absolute atomic E-state index is 11.5. The number of rotatable bonds is 3. The Morgan fingerprint density at radius 3 is 2.50 bits per heavy atom. The van der Waals surface area contributed by atoms with Gasteiger partial charge >= 0.3 is 0 Å². The van der Waals surface area contributed by atoms with Crippen LogP contribution in [0.3, 0.4) is 0 Å². The molecule has 0 saturated carbocycles. The van der Waals surface area contributed by atoms with Crippen molar-refractivity contribution in [3.05, 3.63) is 0 Å². The zero-order valence-corrected chi connectivity index (χ0v) is 7.84. The Bertz CT molecular complexity index is 287. The Morgan fingerprint density at radius 2 is 2.17 bits per heavy atom. The summed E-state index contributed by atoms with van der Waals surface area (Å²) in [7, 11) is -1.75. The lowest BCUT2D eigenvalue weighted by atomic mass is 10.3. The van der Waals surface area contributed by atoms with Gasteiger partial charge < -0.3 is 0 Å². The number of hydrogen-bond donors (Lipinski definition) is 0. The molecule has 0 aliphatic carbocycles. The first-order chi connectivity index (χ1) is 5.59. The van der Waals surface area contributed by atoms with Gasteiger partial charge in [-0.25, -0.2) is 0 Å². The van der Waals surface area contributed by atoms with E-state index in [1.54, 1.807) is 0 Å². The van der Waals surface area contributed by atoms with Gasteiger partial charge in [0, 0.05) is 20.1 Å². The maximum atomic E-state index is 11.5. The molecule has 68 valence electrons. The van der Waals surface area contributed by atoms with E-state index >= 15 is 0 Å². The van der Waals surface area contributed by atoms with E-state index in [1.165, 1.54) is 15.7 Å². The molecule has 0 N–H and O–H groups in total. The van der Waals surface area contributed by atoms with Gasteiger partial charge in [0.05, 0.1) is 6.54 Å². The first-order valence-corrected chi connectivity index (χ1v) is 5.13. The SMILES string of the molecule is C#CCN(C)S(=O)(=O)N1CCC1. The standard InChI is InChI=1S/C7H12N2O2S/c1-3-5-8(2)12(10,11)9-6-4-7-9/h1H,4-7H2,2H3.